The highest BCUT2D eigenvalue weighted by Crippen LogP contribution is 2.38. The summed E-state index contributed by atoms with van der Waals surface area (Å²) >= 11 is 0. The van der Waals surface area contributed by atoms with Gasteiger partial charge in [-0.3, -0.25) is 9.59 Å². The normalized spacial score (nSPS) is 22.4. The molecule has 1 saturated heterocycles. The predicted octanol–water partition coefficient (Wildman–Crippen LogP) is 1.71. The average Bonchev–Trinajstić information content (AvgIpc) is 3.42. The summed E-state index contributed by atoms with van der Waals surface area (Å²) < 4.78 is 16.6. The summed E-state index contributed by atoms with van der Waals surface area (Å²) in [5.74, 6) is -1.45. The van der Waals surface area contributed by atoms with Gasteiger partial charge in [0.15, 0.2) is 11.1 Å². The Morgan fingerprint density at radius 2 is 1.97 bits per heavy atom. The van der Waals surface area contributed by atoms with Gasteiger partial charge in [0, 0.05) is 7.11 Å². The summed E-state index contributed by atoms with van der Waals surface area (Å²) in [5.41, 5.74) is 5.22. The maximum atomic E-state index is 13.7. The van der Waals surface area contributed by atoms with E-state index in [0.29, 0.717) is 22.5 Å². The van der Waals surface area contributed by atoms with Crippen molar-refractivity contribution in [1.29, 1.82) is 0 Å². The van der Waals surface area contributed by atoms with Crippen LogP contribution >= 0.6 is 0 Å². The van der Waals surface area contributed by atoms with Gasteiger partial charge in [-0.1, -0.05) is 36.4 Å². The van der Waals surface area contributed by atoms with Crippen LogP contribution in [-0.4, -0.2) is 60.0 Å². The van der Waals surface area contributed by atoms with Crippen molar-refractivity contribution >= 4 is 28.5 Å². The largest absolute Gasteiger partial charge is 0.494 e. The number of ether oxygens (including phenoxy) is 2. The molecular weight excluding hydrogens is 428 g/mol. The van der Waals surface area contributed by atoms with Gasteiger partial charge in [0.1, 0.15) is 23.5 Å². The van der Waals surface area contributed by atoms with Crippen LogP contribution in [0, 0.1) is 0 Å². The van der Waals surface area contributed by atoms with E-state index in [1.165, 1.54) is 19.2 Å². The number of oxazole rings is 1. The fourth-order valence-electron chi connectivity index (χ4n) is 4.43. The third kappa shape index (κ3) is 3.40. The Balaban J connectivity index is 1.61. The number of hydrogen-bond acceptors (Lipinski definition) is 8. The molecule has 1 fully saturated rings. The lowest BCUT2D eigenvalue weighted by Gasteiger charge is -2.35. The van der Waals surface area contributed by atoms with Crippen molar-refractivity contribution in [3.63, 3.8) is 0 Å². The molecule has 10 heteroatoms. The summed E-state index contributed by atoms with van der Waals surface area (Å²) in [6.07, 6.45) is -0.645. The van der Waals surface area contributed by atoms with Crippen molar-refractivity contribution < 1.29 is 28.6 Å². The van der Waals surface area contributed by atoms with Gasteiger partial charge in [-0.25, -0.2) is 15.4 Å². The van der Waals surface area contributed by atoms with Gasteiger partial charge in [0.25, 0.3) is 5.91 Å². The number of methoxy groups -OCH3 is 2. The second kappa shape index (κ2) is 8.23. The van der Waals surface area contributed by atoms with Gasteiger partial charge in [-0.05, 0) is 17.7 Å². The van der Waals surface area contributed by atoms with Crippen molar-refractivity contribution in [3.8, 4) is 5.75 Å². The fraction of sp³-hybridized carbons (Fsp3) is 0.261. The Bertz CT molecular complexity index is 1250. The van der Waals surface area contributed by atoms with E-state index < -0.39 is 30.0 Å². The van der Waals surface area contributed by atoms with Crippen LogP contribution in [-0.2, 0) is 14.3 Å². The number of nitrogens with one attached hydrogen (secondary N) is 2. The molecule has 10 nitrogen and oxygen atoms in total. The van der Waals surface area contributed by atoms with E-state index >= 15 is 0 Å². The third-order valence-corrected chi connectivity index (χ3v) is 5.87. The van der Waals surface area contributed by atoms with Crippen molar-refractivity contribution in [1.82, 2.24) is 20.7 Å². The maximum Gasteiger partial charge on any atom is 0.323 e. The van der Waals surface area contributed by atoms with E-state index in [1.54, 1.807) is 18.2 Å². The Morgan fingerprint density at radius 1 is 1.18 bits per heavy atom. The minimum Gasteiger partial charge on any atom is -0.494 e. The van der Waals surface area contributed by atoms with Crippen molar-refractivity contribution in [2.45, 2.75) is 18.1 Å². The maximum absolute atomic E-state index is 13.7. The van der Waals surface area contributed by atoms with Crippen LogP contribution in [0.5, 0.6) is 5.75 Å². The SMILES string of the molecule is COCC1=C(c2nc3c(OC)cccc3o2)C(=O)N2NC(C(=O)O)C(c3ccccc3)C2N1. The first-order valence-electron chi connectivity index (χ1n) is 10.3. The van der Waals surface area contributed by atoms with Crippen LogP contribution < -0.4 is 15.5 Å². The highest BCUT2D eigenvalue weighted by atomic mass is 16.5. The molecule has 3 unspecified atom stereocenters. The number of fused-ring (bicyclic) bond motifs is 2. The standard InChI is InChI=1S/C23H22N4O6/c1-31-11-13-17(21-25-18-14(32-2)9-6-10-15(18)33-21)22(28)27-20(24-13)16(19(26-27)23(29)30)12-7-4-3-5-8-12/h3-10,16,19-20,24,26H,11H2,1-2H3,(H,29,30). The molecule has 3 aromatic rings. The van der Waals surface area contributed by atoms with E-state index in [4.69, 9.17) is 13.9 Å². The first kappa shape index (κ1) is 21.0. The Kier molecular flexibility index (Phi) is 5.23. The first-order valence-corrected chi connectivity index (χ1v) is 10.3. The lowest BCUT2D eigenvalue weighted by molar-refractivity contribution is -0.140. The lowest BCUT2D eigenvalue weighted by atomic mass is 9.89. The monoisotopic (exact) mass is 450 g/mol. The number of aliphatic carboxylic acids is 1. The Labute approximate surface area is 188 Å². The van der Waals surface area contributed by atoms with E-state index in [-0.39, 0.29) is 18.1 Å². The second-order valence-electron chi connectivity index (χ2n) is 7.76. The van der Waals surface area contributed by atoms with Crippen molar-refractivity contribution in [3.05, 3.63) is 65.7 Å². The Morgan fingerprint density at radius 3 is 2.67 bits per heavy atom. The predicted molar refractivity (Wildman–Crippen MR) is 117 cm³/mol. The molecule has 1 aromatic heterocycles. The van der Waals surface area contributed by atoms with Crippen LogP contribution in [0.15, 0.2) is 58.6 Å². The Hall–Kier alpha value is -3.89. The van der Waals surface area contributed by atoms with Gasteiger partial charge in [-0.2, -0.15) is 0 Å². The molecule has 0 bridgehead atoms. The van der Waals surface area contributed by atoms with E-state index in [1.807, 2.05) is 30.3 Å². The number of para-hydroxylation sites is 1. The minimum absolute atomic E-state index is 0.0839. The van der Waals surface area contributed by atoms with Gasteiger partial charge in [-0.15, -0.1) is 0 Å². The van der Waals surface area contributed by atoms with Gasteiger partial charge < -0.3 is 24.3 Å². The lowest BCUT2D eigenvalue weighted by Crippen LogP contribution is -2.55. The number of amides is 1. The number of carbonyl (C=O) groups excluding carboxylic acids is 1. The second-order valence-corrected chi connectivity index (χ2v) is 7.76. The zero-order chi connectivity index (χ0) is 23.1. The molecule has 0 spiro atoms. The number of hydrazine groups is 1. The van der Waals surface area contributed by atoms with Crippen LogP contribution in [0.2, 0.25) is 0 Å². The van der Waals surface area contributed by atoms with Crippen LogP contribution in [0.25, 0.3) is 16.7 Å². The molecular formula is C23H22N4O6. The molecule has 0 radical (unpaired) electrons. The molecule has 2 aliphatic heterocycles. The number of hydrogen-bond donors (Lipinski definition) is 3. The highest BCUT2D eigenvalue weighted by Gasteiger charge is 2.52. The molecule has 3 N–H and O–H groups in total. The molecule has 1 amide bonds. The number of nitrogens with zero attached hydrogens (tertiary/aromatic N) is 2. The average molecular weight is 450 g/mol. The van der Waals surface area contributed by atoms with Gasteiger partial charge in [0.2, 0.25) is 5.89 Å². The molecule has 2 aliphatic rings. The number of aromatic nitrogens is 1. The summed E-state index contributed by atoms with van der Waals surface area (Å²) in [4.78, 5) is 30.2. The summed E-state index contributed by atoms with van der Waals surface area (Å²) in [7, 11) is 3.04. The van der Waals surface area contributed by atoms with Gasteiger partial charge in [0.05, 0.1) is 25.3 Å². The van der Waals surface area contributed by atoms with Crippen molar-refractivity contribution in [2.24, 2.45) is 0 Å². The fourth-order valence-corrected chi connectivity index (χ4v) is 4.43. The van der Waals surface area contributed by atoms with E-state index in [2.05, 4.69) is 15.7 Å². The van der Waals surface area contributed by atoms with Crippen molar-refractivity contribution in [2.75, 3.05) is 20.8 Å². The molecule has 2 aromatic carbocycles. The minimum atomic E-state index is -1.06. The summed E-state index contributed by atoms with van der Waals surface area (Å²) in [5, 5.41) is 14.5. The van der Waals surface area contributed by atoms with E-state index in [9.17, 15) is 14.7 Å². The quantitative estimate of drug-likeness (QED) is 0.514. The van der Waals surface area contributed by atoms with Crippen LogP contribution in [0.4, 0.5) is 0 Å². The highest BCUT2D eigenvalue weighted by molar-refractivity contribution is 6.20. The van der Waals surface area contributed by atoms with Gasteiger partial charge >= 0.3 is 5.97 Å². The zero-order valence-corrected chi connectivity index (χ0v) is 17.9. The molecule has 3 heterocycles. The molecule has 0 saturated carbocycles. The molecule has 3 atom stereocenters. The number of carbonyl (C=O) groups is 2. The third-order valence-electron chi connectivity index (χ3n) is 5.87. The molecule has 5 rings (SSSR count). The number of rotatable bonds is 6. The van der Waals surface area contributed by atoms with Crippen LogP contribution in [0.3, 0.4) is 0 Å². The molecule has 170 valence electrons. The smallest absolute Gasteiger partial charge is 0.323 e. The topological polar surface area (TPSA) is 126 Å². The summed E-state index contributed by atoms with van der Waals surface area (Å²) in [6, 6.07) is 13.5. The van der Waals surface area contributed by atoms with Crippen LogP contribution in [0.1, 0.15) is 17.4 Å². The summed E-state index contributed by atoms with van der Waals surface area (Å²) in [6.45, 7) is 0.0839. The first-order chi connectivity index (χ1) is 16.0. The zero-order valence-electron chi connectivity index (χ0n) is 17.9. The number of carboxylic acids is 1. The number of carboxylic acid groups (broad SMARTS) is 1. The molecule has 33 heavy (non-hydrogen) atoms. The van der Waals surface area contributed by atoms with E-state index in [0.717, 1.165) is 5.56 Å². The molecule has 0 aliphatic carbocycles. The number of benzene rings is 2.